The van der Waals surface area contributed by atoms with Crippen molar-refractivity contribution in [2.45, 2.75) is 4.90 Å². The molecule has 3 aromatic carbocycles. The van der Waals surface area contributed by atoms with Gasteiger partial charge in [-0.2, -0.15) is 0 Å². The predicted molar refractivity (Wildman–Crippen MR) is 118 cm³/mol. The van der Waals surface area contributed by atoms with Crippen LogP contribution in [0.3, 0.4) is 0 Å². The first-order chi connectivity index (χ1) is 14.7. The topological polar surface area (TPSA) is 75.3 Å². The summed E-state index contributed by atoms with van der Waals surface area (Å²) in [4.78, 5) is 12.6. The fraction of sp³-hybridized carbons (Fsp3) is 0. The van der Waals surface area contributed by atoms with Crippen LogP contribution in [0.25, 0.3) is 10.1 Å². The van der Waals surface area contributed by atoms with Crippen LogP contribution < -0.4 is 10.0 Å². The van der Waals surface area contributed by atoms with Crippen molar-refractivity contribution in [2.75, 3.05) is 10.0 Å². The summed E-state index contributed by atoms with van der Waals surface area (Å²) in [5.41, 5.74) is 0.608. The molecule has 31 heavy (non-hydrogen) atoms. The van der Waals surface area contributed by atoms with Crippen molar-refractivity contribution in [1.82, 2.24) is 0 Å². The smallest absolute Gasteiger partial charge is 0.267 e. The van der Waals surface area contributed by atoms with E-state index >= 15 is 0 Å². The lowest BCUT2D eigenvalue weighted by molar-refractivity contribution is 0.103. The molecule has 10 heteroatoms. The molecule has 0 aliphatic rings. The third-order valence-electron chi connectivity index (χ3n) is 4.34. The normalized spacial score (nSPS) is 11.5. The van der Waals surface area contributed by atoms with E-state index in [0.717, 1.165) is 22.2 Å². The van der Waals surface area contributed by atoms with E-state index in [4.69, 9.17) is 11.6 Å². The average molecular weight is 479 g/mol. The zero-order valence-electron chi connectivity index (χ0n) is 15.5. The number of halogens is 3. The zero-order valence-corrected chi connectivity index (χ0v) is 17.9. The molecule has 4 aromatic rings. The number of thiophene rings is 1. The van der Waals surface area contributed by atoms with Gasteiger partial charge in [-0.25, -0.2) is 17.2 Å². The minimum absolute atomic E-state index is 0.183. The molecular formula is C21H13ClF2N2O3S2. The Morgan fingerprint density at radius 1 is 0.903 bits per heavy atom. The third-order valence-corrected chi connectivity index (χ3v) is 7.39. The summed E-state index contributed by atoms with van der Waals surface area (Å²) >= 11 is 7.59. The number of benzene rings is 3. The van der Waals surface area contributed by atoms with Crippen LogP contribution in [0.5, 0.6) is 0 Å². The predicted octanol–water partition coefficient (Wildman–Crippen LogP) is 5.89. The fourth-order valence-corrected chi connectivity index (χ4v) is 5.31. The van der Waals surface area contributed by atoms with Gasteiger partial charge in [-0.1, -0.05) is 29.8 Å². The highest BCUT2D eigenvalue weighted by molar-refractivity contribution is 7.92. The van der Waals surface area contributed by atoms with Crippen LogP contribution >= 0.6 is 22.9 Å². The van der Waals surface area contributed by atoms with Crippen LogP contribution in [-0.2, 0) is 10.0 Å². The number of nitrogens with one attached hydrogen (secondary N) is 2. The van der Waals surface area contributed by atoms with E-state index < -0.39 is 26.6 Å². The summed E-state index contributed by atoms with van der Waals surface area (Å²) < 4.78 is 54.2. The SMILES string of the molecule is O=C(Nc1ccc(NS(=O)(=O)c2ccc(F)c(F)c2)cc1)c1sc2ccccc2c1Cl. The van der Waals surface area contributed by atoms with Crippen molar-refractivity contribution in [3.63, 3.8) is 0 Å². The molecule has 2 N–H and O–H groups in total. The number of fused-ring (bicyclic) bond motifs is 1. The maximum Gasteiger partial charge on any atom is 0.267 e. The quantitative estimate of drug-likeness (QED) is 0.376. The summed E-state index contributed by atoms with van der Waals surface area (Å²) in [5, 5.41) is 3.88. The van der Waals surface area contributed by atoms with Gasteiger partial charge in [0.05, 0.1) is 9.92 Å². The summed E-state index contributed by atoms with van der Waals surface area (Å²) in [6.07, 6.45) is 0. The Morgan fingerprint density at radius 3 is 2.26 bits per heavy atom. The zero-order chi connectivity index (χ0) is 22.2. The van der Waals surface area contributed by atoms with E-state index in [1.54, 1.807) is 0 Å². The van der Waals surface area contributed by atoms with Gasteiger partial charge in [0.15, 0.2) is 11.6 Å². The second-order valence-electron chi connectivity index (χ2n) is 6.45. The molecule has 0 fully saturated rings. The number of sulfonamides is 1. The van der Waals surface area contributed by atoms with Crippen molar-refractivity contribution >= 4 is 60.3 Å². The number of amides is 1. The maximum atomic E-state index is 13.3. The summed E-state index contributed by atoms with van der Waals surface area (Å²) in [6, 6.07) is 15.6. The number of hydrogen-bond acceptors (Lipinski definition) is 4. The Labute approximate surface area is 185 Å². The Hall–Kier alpha value is -3.01. The van der Waals surface area contributed by atoms with Crippen molar-refractivity contribution in [2.24, 2.45) is 0 Å². The van der Waals surface area contributed by atoms with Crippen LogP contribution in [0.2, 0.25) is 5.02 Å². The standard InChI is InChI=1S/C21H13ClF2N2O3S2/c22-19-15-3-1-2-4-18(15)30-20(19)21(27)25-12-5-7-13(8-6-12)26-31(28,29)14-9-10-16(23)17(24)11-14/h1-11,26H,(H,25,27). The van der Waals surface area contributed by atoms with E-state index in [1.165, 1.54) is 35.6 Å². The Bertz CT molecular complexity index is 1400. The number of anilines is 2. The molecule has 158 valence electrons. The van der Waals surface area contributed by atoms with Crippen molar-refractivity contribution < 1.29 is 22.0 Å². The van der Waals surface area contributed by atoms with Gasteiger partial charge in [0.1, 0.15) is 4.88 Å². The minimum atomic E-state index is -4.11. The Balaban J connectivity index is 1.49. The first-order valence-corrected chi connectivity index (χ1v) is 11.5. The first-order valence-electron chi connectivity index (χ1n) is 8.81. The Kier molecular flexibility index (Phi) is 5.65. The molecule has 0 spiro atoms. The van der Waals surface area contributed by atoms with E-state index in [-0.39, 0.29) is 11.6 Å². The van der Waals surface area contributed by atoms with Gasteiger partial charge in [-0.15, -0.1) is 11.3 Å². The highest BCUT2D eigenvalue weighted by Crippen LogP contribution is 2.35. The molecule has 0 saturated heterocycles. The van der Waals surface area contributed by atoms with Gasteiger partial charge in [0, 0.05) is 21.5 Å². The summed E-state index contributed by atoms with van der Waals surface area (Å²) in [7, 11) is -4.11. The van der Waals surface area contributed by atoms with Gasteiger partial charge in [-0.3, -0.25) is 9.52 Å². The summed E-state index contributed by atoms with van der Waals surface area (Å²) in [5.74, 6) is -2.79. The molecule has 1 aromatic heterocycles. The lowest BCUT2D eigenvalue weighted by atomic mass is 10.2. The molecule has 0 aliphatic heterocycles. The van der Waals surface area contributed by atoms with Crippen LogP contribution in [0.15, 0.2) is 71.6 Å². The van der Waals surface area contributed by atoms with E-state index in [0.29, 0.717) is 21.7 Å². The van der Waals surface area contributed by atoms with Crippen molar-refractivity contribution in [3.05, 3.63) is 88.3 Å². The molecule has 4 rings (SSSR count). The van der Waals surface area contributed by atoms with E-state index in [9.17, 15) is 22.0 Å². The van der Waals surface area contributed by atoms with Crippen LogP contribution in [0.4, 0.5) is 20.2 Å². The highest BCUT2D eigenvalue weighted by atomic mass is 35.5. The highest BCUT2D eigenvalue weighted by Gasteiger charge is 2.18. The molecule has 5 nitrogen and oxygen atoms in total. The van der Waals surface area contributed by atoms with Gasteiger partial charge in [-0.05, 0) is 48.5 Å². The van der Waals surface area contributed by atoms with Crippen molar-refractivity contribution in [1.29, 1.82) is 0 Å². The fourth-order valence-electron chi connectivity index (χ4n) is 2.83. The molecule has 0 unspecified atom stereocenters. The largest absolute Gasteiger partial charge is 0.321 e. The van der Waals surface area contributed by atoms with Crippen molar-refractivity contribution in [3.8, 4) is 0 Å². The lowest BCUT2D eigenvalue weighted by Crippen LogP contribution is -2.14. The van der Waals surface area contributed by atoms with Gasteiger partial charge < -0.3 is 5.32 Å². The van der Waals surface area contributed by atoms with E-state index in [1.807, 2.05) is 24.3 Å². The molecule has 0 aliphatic carbocycles. The Morgan fingerprint density at radius 2 is 1.58 bits per heavy atom. The van der Waals surface area contributed by atoms with Gasteiger partial charge >= 0.3 is 0 Å². The second kappa shape index (κ2) is 8.26. The van der Waals surface area contributed by atoms with Crippen LogP contribution in [-0.4, -0.2) is 14.3 Å². The third kappa shape index (κ3) is 4.39. The molecule has 0 radical (unpaired) electrons. The van der Waals surface area contributed by atoms with Crippen LogP contribution in [0, 0.1) is 11.6 Å². The molecular weight excluding hydrogens is 466 g/mol. The summed E-state index contributed by atoms with van der Waals surface area (Å²) in [6.45, 7) is 0. The van der Waals surface area contributed by atoms with Gasteiger partial charge in [0.2, 0.25) is 0 Å². The molecule has 1 heterocycles. The van der Waals surface area contributed by atoms with Crippen LogP contribution in [0.1, 0.15) is 9.67 Å². The monoisotopic (exact) mass is 478 g/mol. The molecule has 0 atom stereocenters. The molecule has 0 saturated carbocycles. The molecule has 1 amide bonds. The lowest BCUT2D eigenvalue weighted by Gasteiger charge is -2.10. The van der Waals surface area contributed by atoms with E-state index in [2.05, 4.69) is 10.0 Å². The number of carbonyl (C=O) groups excluding carboxylic acids is 1. The first kappa shape index (κ1) is 21.2. The number of carbonyl (C=O) groups is 1. The number of rotatable bonds is 5. The second-order valence-corrected chi connectivity index (χ2v) is 9.57. The maximum absolute atomic E-state index is 13.3. The molecule has 0 bridgehead atoms. The minimum Gasteiger partial charge on any atom is -0.321 e. The average Bonchev–Trinajstić information content (AvgIpc) is 3.08. The van der Waals surface area contributed by atoms with Gasteiger partial charge in [0.25, 0.3) is 15.9 Å². The number of hydrogen-bond donors (Lipinski definition) is 2.